The summed E-state index contributed by atoms with van der Waals surface area (Å²) in [5.41, 5.74) is 1.76. The molecule has 0 spiro atoms. The highest BCUT2D eigenvalue weighted by atomic mass is 15.1. The summed E-state index contributed by atoms with van der Waals surface area (Å²) in [5, 5.41) is 8.82. The van der Waals surface area contributed by atoms with E-state index in [1.54, 1.807) is 16.7 Å². The molecule has 0 radical (unpaired) electrons. The van der Waals surface area contributed by atoms with Gasteiger partial charge < -0.3 is 0 Å². The zero-order valence-corrected chi connectivity index (χ0v) is 8.10. The van der Waals surface area contributed by atoms with Crippen LogP contribution in [0.1, 0.15) is 31.3 Å². The Kier molecular flexibility index (Phi) is 1.93. The Morgan fingerprint density at radius 1 is 1.50 bits per heavy atom. The van der Waals surface area contributed by atoms with Crippen LogP contribution in [-0.4, -0.2) is 14.4 Å². The number of nitriles is 1. The minimum absolute atomic E-state index is 0.362. The normalized spacial score (nSPS) is 10.7. The first kappa shape index (κ1) is 8.70. The average Bonchev–Trinajstić information content (AvgIpc) is 2.60. The largest absolute Gasteiger partial charge is 0.275 e. The third-order valence-corrected chi connectivity index (χ3v) is 2.09. The van der Waals surface area contributed by atoms with Gasteiger partial charge in [0.25, 0.3) is 0 Å². The molecule has 0 N–H and O–H groups in total. The summed E-state index contributed by atoms with van der Waals surface area (Å²) in [6.07, 6.45) is 3.47. The Hall–Kier alpha value is -1.89. The Morgan fingerprint density at radius 3 is 2.93 bits per heavy atom. The van der Waals surface area contributed by atoms with Gasteiger partial charge in [-0.15, -0.1) is 0 Å². The minimum atomic E-state index is 0.362. The van der Waals surface area contributed by atoms with Crippen molar-refractivity contribution in [2.24, 2.45) is 0 Å². The van der Waals surface area contributed by atoms with Crippen molar-refractivity contribution in [2.75, 3.05) is 0 Å². The van der Waals surface area contributed by atoms with E-state index in [1.165, 1.54) is 0 Å². The highest BCUT2D eigenvalue weighted by molar-refractivity contribution is 5.42. The van der Waals surface area contributed by atoms with Gasteiger partial charge in [0.05, 0.1) is 5.69 Å². The van der Waals surface area contributed by atoms with Gasteiger partial charge in [-0.05, 0) is 12.0 Å². The molecule has 4 heteroatoms. The molecule has 70 valence electrons. The molecule has 0 aliphatic rings. The summed E-state index contributed by atoms with van der Waals surface area (Å²) in [6, 6.07) is 3.83. The lowest BCUT2D eigenvalue weighted by Crippen LogP contribution is -1.93. The summed E-state index contributed by atoms with van der Waals surface area (Å²) in [5.74, 6) is 0.739. The maximum absolute atomic E-state index is 8.82. The van der Waals surface area contributed by atoms with Crippen molar-refractivity contribution in [3.63, 3.8) is 0 Å². The molecule has 0 saturated carbocycles. The summed E-state index contributed by atoms with van der Waals surface area (Å²) in [7, 11) is 0. The SMILES string of the molecule is CC(C)c1cn2c(C#N)nccc2n1. The van der Waals surface area contributed by atoms with E-state index in [2.05, 4.69) is 23.8 Å². The van der Waals surface area contributed by atoms with Crippen molar-refractivity contribution in [1.29, 1.82) is 5.26 Å². The molecule has 0 saturated heterocycles. The first-order valence-electron chi connectivity index (χ1n) is 4.46. The molecule has 0 unspecified atom stereocenters. The summed E-state index contributed by atoms with van der Waals surface area (Å²) < 4.78 is 1.72. The van der Waals surface area contributed by atoms with Crippen LogP contribution in [0.2, 0.25) is 0 Å². The van der Waals surface area contributed by atoms with Gasteiger partial charge in [0.1, 0.15) is 11.7 Å². The summed E-state index contributed by atoms with van der Waals surface area (Å²) in [4.78, 5) is 8.35. The van der Waals surface area contributed by atoms with Gasteiger partial charge in [-0.1, -0.05) is 13.8 Å². The van der Waals surface area contributed by atoms with Crippen molar-refractivity contribution in [3.8, 4) is 6.07 Å². The van der Waals surface area contributed by atoms with Crippen LogP contribution in [-0.2, 0) is 0 Å². The number of aromatic nitrogens is 3. The lowest BCUT2D eigenvalue weighted by Gasteiger charge is -1.95. The predicted octanol–water partition coefficient (Wildman–Crippen LogP) is 1.72. The maximum atomic E-state index is 8.82. The molecule has 0 amide bonds. The van der Waals surface area contributed by atoms with Crippen molar-refractivity contribution in [3.05, 3.63) is 30.0 Å². The molecule has 4 nitrogen and oxygen atoms in total. The van der Waals surface area contributed by atoms with Gasteiger partial charge in [-0.3, -0.25) is 4.40 Å². The van der Waals surface area contributed by atoms with Crippen LogP contribution in [0, 0.1) is 11.3 Å². The van der Waals surface area contributed by atoms with Crippen LogP contribution in [0.25, 0.3) is 5.65 Å². The monoisotopic (exact) mass is 186 g/mol. The molecular formula is C10H10N4. The third-order valence-electron chi connectivity index (χ3n) is 2.09. The first-order valence-corrected chi connectivity index (χ1v) is 4.46. The molecule has 2 rings (SSSR count). The number of rotatable bonds is 1. The number of hydrogen-bond donors (Lipinski definition) is 0. The van der Waals surface area contributed by atoms with Crippen LogP contribution >= 0.6 is 0 Å². The minimum Gasteiger partial charge on any atom is -0.275 e. The lowest BCUT2D eigenvalue weighted by atomic mass is 10.2. The molecule has 0 bridgehead atoms. The zero-order valence-electron chi connectivity index (χ0n) is 8.10. The second-order valence-electron chi connectivity index (χ2n) is 3.43. The number of fused-ring (bicyclic) bond motifs is 1. The molecule has 2 aromatic rings. The average molecular weight is 186 g/mol. The van der Waals surface area contributed by atoms with Crippen LogP contribution in [0.3, 0.4) is 0 Å². The van der Waals surface area contributed by atoms with Gasteiger partial charge in [0.15, 0.2) is 0 Å². The molecule has 0 fully saturated rings. The molecule has 14 heavy (non-hydrogen) atoms. The fraction of sp³-hybridized carbons (Fsp3) is 0.300. The Balaban J connectivity index is 2.72. The first-order chi connectivity index (χ1) is 6.72. The number of hydrogen-bond acceptors (Lipinski definition) is 3. The molecule has 2 heterocycles. The Bertz CT molecular complexity index is 504. The number of nitrogens with zero attached hydrogens (tertiary/aromatic N) is 4. The van der Waals surface area contributed by atoms with Crippen molar-refractivity contribution >= 4 is 5.65 Å². The van der Waals surface area contributed by atoms with Crippen molar-refractivity contribution in [1.82, 2.24) is 14.4 Å². The lowest BCUT2D eigenvalue weighted by molar-refractivity contribution is 0.833. The topological polar surface area (TPSA) is 54.0 Å². The zero-order chi connectivity index (χ0) is 10.1. The fourth-order valence-corrected chi connectivity index (χ4v) is 1.30. The van der Waals surface area contributed by atoms with E-state index >= 15 is 0 Å². The Labute approximate surface area is 81.8 Å². The van der Waals surface area contributed by atoms with Gasteiger partial charge in [-0.25, -0.2) is 9.97 Å². The second-order valence-corrected chi connectivity index (χ2v) is 3.43. The van der Waals surface area contributed by atoms with Crippen molar-refractivity contribution < 1.29 is 0 Å². The second kappa shape index (κ2) is 3.11. The smallest absolute Gasteiger partial charge is 0.218 e. The van der Waals surface area contributed by atoms with Gasteiger partial charge in [0.2, 0.25) is 5.82 Å². The van der Waals surface area contributed by atoms with E-state index in [0.717, 1.165) is 11.3 Å². The predicted molar refractivity (Wildman–Crippen MR) is 51.8 cm³/mol. The van der Waals surface area contributed by atoms with Crippen LogP contribution in [0.4, 0.5) is 0 Å². The van der Waals surface area contributed by atoms with E-state index in [9.17, 15) is 0 Å². The van der Waals surface area contributed by atoms with Gasteiger partial charge in [0, 0.05) is 12.4 Å². The molecular weight excluding hydrogens is 176 g/mol. The number of imidazole rings is 1. The van der Waals surface area contributed by atoms with Crippen LogP contribution in [0.15, 0.2) is 18.5 Å². The molecule has 2 aromatic heterocycles. The van der Waals surface area contributed by atoms with Crippen molar-refractivity contribution in [2.45, 2.75) is 19.8 Å². The molecule has 0 aliphatic heterocycles. The fourth-order valence-electron chi connectivity index (χ4n) is 1.30. The standard InChI is InChI=1S/C10H10N4/c1-7(2)8-6-14-9(13-8)3-4-12-10(14)5-11/h3-4,6-7H,1-2H3. The van der Waals surface area contributed by atoms with Gasteiger partial charge in [-0.2, -0.15) is 5.26 Å². The van der Waals surface area contributed by atoms with E-state index < -0.39 is 0 Å². The summed E-state index contributed by atoms with van der Waals surface area (Å²) >= 11 is 0. The summed E-state index contributed by atoms with van der Waals surface area (Å²) in [6.45, 7) is 4.14. The third kappa shape index (κ3) is 1.23. The van der Waals surface area contributed by atoms with E-state index in [-0.39, 0.29) is 0 Å². The van der Waals surface area contributed by atoms with Crippen LogP contribution < -0.4 is 0 Å². The Morgan fingerprint density at radius 2 is 2.29 bits per heavy atom. The van der Waals surface area contributed by atoms with E-state index in [0.29, 0.717) is 11.7 Å². The highest BCUT2D eigenvalue weighted by Crippen LogP contribution is 2.14. The maximum Gasteiger partial charge on any atom is 0.218 e. The van der Waals surface area contributed by atoms with Gasteiger partial charge >= 0.3 is 0 Å². The van der Waals surface area contributed by atoms with E-state index in [1.807, 2.05) is 12.3 Å². The van der Waals surface area contributed by atoms with E-state index in [4.69, 9.17) is 5.26 Å². The molecule has 0 aliphatic carbocycles. The quantitative estimate of drug-likeness (QED) is 0.681. The highest BCUT2D eigenvalue weighted by Gasteiger charge is 2.07. The van der Waals surface area contributed by atoms with Crippen LogP contribution in [0.5, 0.6) is 0 Å². The molecule has 0 atom stereocenters. The molecule has 0 aromatic carbocycles.